The summed E-state index contributed by atoms with van der Waals surface area (Å²) in [6.07, 6.45) is 1.01. The van der Waals surface area contributed by atoms with Crippen molar-refractivity contribution in [3.05, 3.63) is 28.2 Å². The van der Waals surface area contributed by atoms with Crippen LogP contribution in [0.25, 0.3) is 0 Å². The highest BCUT2D eigenvalue weighted by molar-refractivity contribution is 5.66. The van der Waals surface area contributed by atoms with E-state index >= 15 is 0 Å². The topological polar surface area (TPSA) is 72.2 Å². The fourth-order valence-corrected chi connectivity index (χ4v) is 0.805. The average molecular weight is 186 g/mol. The van der Waals surface area contributed by atoms with Gasteiger partial charge in [-0.25, -0.2) is 4.98 Å². The van der Waals surface area contributed by atoms with Crippen molar-refractivity contribution in [3.8, 4) is 0 Å². The molecule has 1 heterocycles. The van der Waals surface area contributed by atoms with E-state index in [4.69, 9.17) is 5.11 Å². The maximum absolute atomic E-state index is 12.9. The summed E-state index contributed by atoms with van der Waals surface area (Å²) in [5, 5.41) is 8.34. The van der Waals surface area contributed by atoms with Crippen LogP contribution in [0, 0.1) is 12.7 Å². The first-order chi connectivity index (χ1) is 6.02. The Balaban J connectivity index is 3.19. The predicted octanol–water partition coefficient (Wildman–Crippen LogP) is -0.225. The fraction of sp³-hybridized carbons (Fsp3) is 0.286. The maximum atomic E-state index is 12.9. The van der Waals surface area contributed by atoms with E-state index < -0.39 is 23.9 Å². The lowest BCUT2D eigenvalue weighted by molar-refractivity contribution is -0.137. The van der Waals surface area contributed by atoms with Gasteiger partial charge in [0, 0.05) is 0 Å². The molecule has 13 heavy (non-hydrogen) atoms. The van der Waals surface area contributed by atoms with Crippen LogP contribution in [0.1, 0.15) is 5.69 Å². The lowest BCUT2D eigenvalue weighted by Gasteiger charge is -2.01. The predicted molar refractivity (Wildman–Crippen MR) is 40.8 cm³/mol. The SMILES string of the molecule is Cc1ncn(CC(=O)O)c(=O)c1F. The van der Waals surface area contributed by atoms with E-state index in [1.165, 1.54) is 6.92 Å². The summed E-state index contributed by atoms with van der Waals surface area (Å²) in [6, 6.07) is 0. The molecule has 1 aromatic rings. The van der Waals surface area contributed by atoms with Gasteiger partial charge in [-0.2, -0.15) is 4.39 Å². The molecule has 1 rings (SSSR count). The van der Waals surface area contributed by atoms with Crippen molar-refractivity contribution in [2.45, 2.75) is 13.5 Å². The zero-order chi connectivity index (χ0) is 10.0. The van der Waals surface area contributed by atoms with Crippen LogP contribution in [0.2, 0.25) is 0 Å². The highest BCUT2D eigenvalue weighted by Gasteiger charge is 2.09. The van der Waals surface area contributed by atoms with Crippen LogP contribution >= 0.6 is 0 Å². The van der Waals surface area contributed by atoms with Gasteiger partial charge in [0.05, 0.1) is 12.0 Å². The first-order valence-corrected chi connectivity index (χ1v) is 3.45. The van der Waals surface area contributed by atoms with Crippen LogP contribution in [0.15, 0.2) is 11.1 Å². The van der Waals surface area contributed by atoms with E-state index in [-0.39, 0.29) is 5.69 Å². The molecule has 0 saturated heterocycles. The third kappa shape index (κ3) is 1.90. The van der Waals surface area contributed by atoms with Gasteiger partial charge in [0.15, 0.2) is 0 Å². The van der Waals surface area contributed by atoms with Crippen LogP contribution in [0.4, 0.5) is 4.39 Å². The second kappa shape index (κ2) is 3.34. The third-order valence-electron chi connectivity index (χ3n) is 1.46. The number of aliphatic carboxylic acids is 1. The molecule has 0 aliphatic heterocycles. The van der Waals surface area contributed by atoms with Crippen molar-refractivity contribution in [1.82, 2.24) is 9.55 Å². The molecule has 0 atom stereocenters. The van der Waals surface area contributed by atoms with Gasteiger partial charge >= 0.3 is 5.97 Å². The molecule has 0 saturated carbocycles. The van der Waals surface area contributed by atoms with Gasteiger partial charge in [-0.3, -0.25) is 14.2 Å². The number of carbonyl (C=O) groups is 1. The van der Waals surface area contributed by atoms with Crippen molar-refractivity contribution >= 4 is 5.97 Å². The summed E-state index contributed by atoms with van der Waals surface area (Å²) in [6.45, 7) is 0.755. The minimum Gasteiger partial charge on any atom is -0.480 e. The normalized spacial score (nSPS) is 10.0. The van der Waals surface area contributed by atoms with Crippen molar-refractivity contribution in [3.63, 3.8) is 0 Å². The molecule has 0 bridgehead atoms. The molecule has 0 spiro atoms. The summed E-state index contributed by atoms with van der Waals surface area (Å²) in [7, 11) is 0. The van der Waals surface area contributed by atoms with Crippen LogP contribution in [0.3, 0.4) is 0 Å². The molecule has 0 aliphatic rings. The number of rotatable bonds is 2. The van der Waals surface area contributed by atoms with E-state index in [0.29, 0.717) is 4.57 Å². The Labute approximate surface area is 72.5 Å². The van der Waals surface area contributed by atoms with Gasteiger partial charge < -0.3 is 5.11 Å². The summed E-state index contributed by atoms with van der Waals surface area (Å²) < 4.78 is 13.6. The van der Waals surface area contributed by atoms with Crippen LogP contribution in [-0.4, -0.2) is 20.6 Å². The Morgan fingerprint density at radius 1 is 1.77 bits per heavy atom. The van der Waals surface area contributed by atoms with E-state index in [1.54, 1.807) is 0 Å². The van der Waals surface area contributed by atoms with Gasteiger partial charge in [0.1, 0.15) is 6.54 Å². The second-order valence-corrected chi connectivity index (χ2v) is 2.47. The highest BCUT2D eigenvalue weighted by atomic mass is 19.1. The van der Waals surface area contributed by atoms with Gasteiger partial charge in [0.25, 0.3) is 5.56 Å². The molecule has 0 aromatic carbocycles. The number of aromatic nitrogens is 2. The molecule has 1 aromatic heterocycles. The molecule has 0 aliphatic carbocycles. The largest absolute Gasteiger partial charge is 0.480 e. The summed E-state index contributed by atoms with van der Waals surface area (Å²) in [4.78, 5) is 24.7. The Kier molecular flexibility index (Phi) is 2.41. The zero-order valence-electron chi connectivity index (χ0n) is 6.82. The lowest BCUT2D eigenvalue weighted by Crippen LogP contribution is -2.27. The second-order valence-electron chi connectivity index (χ2n) is 2.47. The number of halogens is 1. The minimum absolute atomic E-state index is 0.0355. The standard InChI is InChI=1S/C7H7FN2O3/c1-4-6(8)7(13)10(3-9-4)2-5(11)12/h3H,2H2,1H3,(H,11,12). The summed E-state index contributed by atoms with van der Waals surface area (Å²) >= 11 is 0. The quantitative estimate of drug-likeness (QED) is 0.692. The van der Waals surface area contributed by atoms with E-state index in [0.717, 1.165) is 6.33 Å². The number of carboxylic acids is 1. The molecule has 6 heteroatoms. The molecular formula is C7H7FN2O3. The van der Waals surface area contributed by atoms with Crippen molar-refractivity contribution < 1.29 is 14.3 Å². The monoisotopic (exact) mass is 186 g/mol. The van der Waals surface area contributed by atoms with Crippen molar-refractivity contribution in [1.29, 1.82) is 0 Å². The number of hydrogen-bond donors (Lipinski definition) is 1. The van der Waals surface area contributed by atoms with Crippen LogP contribution in [-0.2, 0) is 11.3 Å². The van der Waals surface area contributed by atoms with Gasteiger partial charge in [-0.15, -0.1) is 0 Å². The molecule has 0 amide bonds. The van der Waals surface area contributed by atoms with Crippen molar-refractivity contribution in [2.24, 2.45) is 0 Å². The third-order valence-corrected chi connectivity index (χ3v) is 1.46. The Bertz CT molecular complexity index is 399. The van der Waals surface area contributed by atoms with E-state index in [1.807, 2.05) is 0 Å². The molecule has 5 nitrogen and oxygen atoms in total. The lowest BCUT2D eigenvalue weighted by atomic mass is 10.4. The van der Waals surface area contributed by atoms with Gasteiger partial charge in [0.2, 0.25) is 5.82 Å². The van der Waals surface area contributed by atoms with Gasteiger partial charge in [-0.05, 0) is 6.92 Å². The zero-order valence-corrected chi connectivity index (χ0v) is 6.82. The Hall–Kier alpha value is -1.72. The fourth-order valence-electron chi connectivity index (χ4n) is 0.805. The summed E-state index contributed by atoms with van der Waals surface area (Å²) in [5.74, 6) is -2.23. The molecule has 0 fully saturated rings. The van der Waals surface area contributed by atoms with Gasteiger partial charge in [-0.1, -0.05) is 0 Å². The average Bonchev–Trinajstić information content (AvgIpc) is 2.06. The number of aryl methyl sites for hydroxylation is 1. The smallest absolute Gasteiger partial charge is 0.323 e. The van der Waals surface area contributed by atoms with E-state index in [9.17, 15) is 14.0 Å². The molecular weight excluding hydrogens is 179 g/mol. The maximum Gasteiger partial charge on any atom is 0.323 e. The highest BCUT2D eigenvalue weighted by Crippen LogP contribution is 1.93. The Morgan fingerprint density at radius 2 is 2.38 bits per heavy atom. The summed E-state index contributed by atoms with van der Waals surface area (Å²) in [5.41, 5.74) is -0.999. The number of hydrogen-bond acceptors (Lipinski definition) is 3. The van der Waals surface area contributed by atoms with E-state index in [2.05, 4.69) is 4.98 Å². The van der Waals surface area contributed by atoms with Crippen LogP contribution < -0.4 is 5.56 Å². The van der Waals surface area contributed by atoms with Crippen molar-refractivity contribution in [2.75, 3.05) is 0 Å². The number of nitrogens with zero attached hydrogens (tertiary/aromatic N) is 2. The minimum atomic E-state index is -1.22. The molecule has 1 N–H and O–H groups in total. The molecule has 0 radical (unpaired) electrons. The van der Waals surface area contributed by atoms with Crippen LogP contribution in [0.5, 0.6) is 0 Å². The first-order valence-electron chi connectivity index (χ1n) is 3.45. The first kappa shape index (κ1) is 9.37. The Morgan fingerprint density at radius 3 is 2.92 bits per heavy atom. The molecule has 70 valence electrons. The molecule has 0 unspecified atom stereocenters. The number of carboxylic acid groups (broad SMARTS) is 1.